The van der Waals surface area contributed by atoms with Gasteiger partial charge in [0.15, 0.2) is 0 Å². The Balaban J connectivity index is 1.93. The largest absolute Gasteiger partial charge is 0.306 e. The van der Waals surface area contributed by atoms with E-state index in [1.807, 2.05) is 30.3 Å². The molecule has 1 amide bonds. The predicted octanol–water partition coefficient (Wildman–Crippen LogP) is 3.05. The second-order valence-electron chi connectivity index (χ2n) is 5.19. The van der Waals surface area contributed by atoms with Crippen LogP contribution in [0.15, 0.2) is 59.5 Å². The lowest BCUT2D eigenvalue weighted by Gasteiger charge is -2.09. The molecule has 6 nitrogen and oxygen atoms in total. The lowest BCUT2D eigenvalue weighted by atomic mass is 10.2. The maximum atomic E-state index is 12.5. The van der Waals surface area contributed by atoms with E-state index in [9.17, 15) is 13.2 Å². The Morgan fingerprint density at radius 1 is 1.08 bits per heavy atom. The minimum Gasteiger partial charge on any atom is -0.306 e. The summed E-state index contributed by atoms with van der Waals surface area (Å²) in [6, 6.07) is 14.9. The second kappa shape index (κ2) is 6.79. The molecule has 0 aliphatic heterocycles. The summed E-state index contributed by atoms with van der Waals surface area (Å²) < 4.78 is 26.0. The number of fused-ring (bicyclic) bond motifs is 1. The molecule has 0 fully saturated rings. The van der Waals surface area contributed by atoms with Crippen molar-refractivity contribution in [3.8, 4) is 0 Å². The van der Waals surface area contributed by atoms with Crippen molar-refractivity contribution < 1.29 is 13.2 Å². The molecule has 0 aliphatic rings. The van der Waals surface area contributed by atoms with Gasteiger partial charge in [0.05, 0.1) is 21.0 Å². The zero-order valence-corrected chi connectivity index (χ0v) is 14.7. The van der Waals surface area contributed by atoms with Crippen molar-refractivity contribution in [1.82, 2.24) is 9.71 Å². The lowest BCUT2D eigenvalue weighted by molar-refractivity contribution is 0.102. The highest BCUT2D eigenvalue weighted by Gasteiger charge is 2.18. The van der Waals surface area contributed by atoms with Crippen molar-refractivity contribution in [3.05, 3.63) is 65.2 Å². The molecule has 1 heterocycles. The van der Waals surface area contributed by atoms with Crippen LogP contribution >= 0.6 is 11.6 Å². The van der Waals surface area contributed by atoms with Crippen LogP contribution in [0.5, 0.6) is 0 Å². The molecular formula is C17H14ClN3O3S. The molecule has 0 atom stereocenters. The second-order valence-corrected chi connectivity index (χ2v) is 7.49. The van der Waals surface area contributed by atoms with Gasteiger partial charge < -0.3 is 5.32 Å². The molecule has 0 bridgehead atoms. The van der Waals surface area contributed by atoms with Crippen molar-refractivity contribution in [1.29, 1.82) is 0 Å². The number of halogens is 1. The van der Waals surface area contributed by atoms with Crippen molar-refractivity contribution in [2.45, 2.75) is 4.90 Å². The van der Waals surface area contributed by atoms with Crippen LogP contribution in [0.4, 0.5) is 5.82 Å². The van der Waals surface area contributed by atoms with Gasteiger partial charge in [0.2, 0.25) is 10.0 Å². The van der Waals surface area contributed by atoms with Gasteiger partial charge in [-0.1, -0.05) is 29.8 Å². The van der Waals surface area contributed by atoms with Crippen molar-refractivity contribution in [2.75, 3.05) is 12.4 Å². The van der Waals surface area contributed by atoms with E-state index >= 15 is 0 Å². The number of nitrogens with zero attached hydrogens (tertiary/aromatic N) is 1. The van der Waals surface area contributed by atoms with Crippen LogP contribution in [0.2, 0.25) is 5.02 Å². The van der Waals surface area contributed by atoms with Crippen LogP contribution in [0.1, 0.15) is 10.4 Å². The minimum atomic E-state index is -3.68. The van der Waals surface area contributed by atoms with Crippen LogP contribution in [-0.2, 0) is 10.0 Å². The molecule has 2 N–H and O–H groups in total. The number of para-hydroxylation sites is 1. The van der Waals surface area contributed by atoms with E-state index in [4.69, 9.17) is 11.6 Å². The number of hydrogen-bond donors (Lipinski definition) is 2. The molecule has 8 heteroatoms. The summed E-state index contributed by atoms with van der Waals surface area (Å²) in [4.78, 5) is 16.8. The third-order valence-corrected chi connectivity index (χ3v) is 5.34. The first-order chi connectivity index (χ1) is 11.9. The number of nitrogens with one attached hydrogen (secondary N) is 2. The number of aromatic nitrogens is 1. The average molecular weight is 376 g/mol. The van der Waals surface area contributed by atoms with Crippen molar-refractivity contribution in [2.24, 2.45) is 0 Å². The van der Waals surface area contributed by atoms with Gasteiger partial charge in [-0.15, -0.1) is 0 Å². The molecule has 1 aromatic heterocycles. The van der Waals surface area contributed by atoms with E-state index in [-0.39, 0.29) is 15.5 Å². The molecule has 0 saturated carbocycles. The summed E-state index contributed by atoms with van der Waals surface area (Å²) in [5.41, 5.74) is 0.783. The Kier molecular flexibility index (Phi) is 4.71. The Morgan fingerprint density at radius 2 is 1.84 bits per heavy atom. The van der Waals surface area contributed by atoms with Gasteiger partial charge >= 0.3 is 0 Å². The van der Waals surface area contributed by atoms with Crippen LogP contribution < -0.4 is 10.0 Å². The molecule has 0 aliphatic carbocycles. The van der Waals surface area contributed by atoms with E-state index in [2.05, 4.69) is 15.0 Å². The molecule has 2 aromatic carbocycles. The summed E-state index contributed by atoms with van der Waals surface area (Å²) in [6.07, 6.45) is 0. The van der Waals surface area contributed by atoms with Gasteiger partial charge in [-0.3, -0.25) is 4.79 Å². The number of benzene rings is 2. The van der Waals surface area contributed by atoms with E-state index < -0.39 is 15.9 Å². The summed E-state index contributed by atoms with van der Waals surface area (Å²) in [5, 5.41) is 3.73. The standard InChI is InChI=1S/C17H14ClN3O3S/c1-19-25(23,24)12-7-8-14(18)13(10-12)17(22)21-16-9-6-11-4-2-3-5-15(11)20-16/h2-10,19H,1H3,(H,20,21,22). The Hall–Kier alpha value is -2.48. The van der Waals surface area contributed by atoms with Crippen LogP contribution in [0.25, 0.3) is 10.9 Å². The van der Waals surface area contributed by atoms with Crippen LogP contribution in [-0.4, -0.2) is 26.4 Å². The van der Waals surface area contributed by atoms with Crippen LogP contribution in [0, 0.1) is 0 Å². The maximum Gasteiger partial charge on any atom is 0.258 e. The fourth-order valence-corrected chi connectivity index (χ4v) is 3.24. The molecule has 0 spiro atoms. The van der Waals surface area contributed by atoms with E-state index in [1.54, 1.807) is 6.07 Å². The first kappa shape index (κ1) is 17.3. The van der Waals surface area contributed by atoms with Crippen molar-refractivity contribution >= 4 is 44.3 Å². The Morgan fingerprint density at radius 3 is 2.60 bits per heavy atom. The quantitative estimate of drug-likeness (QED) is 0.733. The number of amides is 1. The summed E-state index contributed by atoms with van der Waals surface area (Å²) in [5.74, 6) is -0.192. The summed E-state index contributed by atoms with van der Waals surface area (Å²) in [6.45, 7) is 0. The van der Waals surface area contributed by atoms with Crippen molar-refractivity contribution in [3.63, 3.8) is 0 Å². The monoisotopic (exact) mass is 375 g/mol. The van der Waals surface area contributed by atoms with Gasteiger partial charge in [-0.2, -0.15) is 0 Å². The topological polar surface area (TPSA) is 88.2 Å². The Bertz CT molecular complexity index is 1070. The summed E-state index contributed by atoms with van der Waals surface area (Å²) in [7, 11) is -2.38. The first-order valence-electron chi connectivity index (χ1n) is 7.31. The fourth-order valence-electron chi connectivity index (χ4n) is 2.28. The number of anilines is 1. The van der Waals surface area contributed by atoms with Gasteiger partial charge in [-0.05, 0) is 43.4 Å². The Labute approximate surface area is 149 Å². The first-order valence-corrected chi connectivity index (χ1v) is 9.17. The molecular weight excluding hydrogens is 362 g/mol. The number of sulfonamides is 1. The molecule has 3 rings (SSSR count). The number of rotatable bonds is 4. The third-order valence-electron chi connectivity index (χ3n) is 3.60. The molecule has 128 valence electrons. The zero-order chi connectivity index (χ0) is 18.0. The number of pyridine rings is 1. The SMILES string of the molecule is CNS(=O)(=O)c1ccc(Cl)c(C(=O)Nc2ccc3ccccc3n2)c1. The number of carbonyl (C=O) groups is 1. The molecule has 0 saturated heterocycles. The van der Waals surface area contributed by atoms with Gasteiger partial charge in [-0.25, -0.2) is 18.1 Å². The lowest BCUT2D eigenvalue weighted by Crippen LogP contribution is -2.20. The molecule has 0 radical (unpaired) electrons. The highest BCUT2D eigenvalue weighted by atomic mass is 35.5. The maximum absolute atomic E-state index is 12.5. The van der Waals surface area contributed by atoms with E-state index in [1.165, 1.54) is 25.2 Å². The van der Waals surface area contributed by atoms with Gasteiger partial charge in [0.25, 0.3) is 5.91 Å². The van der Waals surface area contributed by atoms with Gasteiger partial charge in [0.1, 0.15) is 5.82 Å². The minimum absolute atomic E-state index is 0.0454. The molecule has 3 aromatic rings. The molecule has 0 unspecified atom stereocenters. The summed E-state index contributed by atoms with van der Waals surface area (Å²) >= 11 is 6.05. The van der Waals surface area contributed by atoms with Gasteiger partial charge in [0, 0.05) is 5.39 Å². The number of hydrogen-bond acceptors (Lipinski definition) is 4. The van der Waals surface area contributed by atoms with E-state index in [0.29, 0.717) is 5.82 Å². The fraction of sp³-hybridized carbons (Fsp3) is 0.0588. The number of carbonyl (C=O) groups excluding carboxylic acids is 1. The normalized spacial score (nSPS) is 11.4. The van der Waals surface area contributed by atoms with Crippen LogP contribution in [0.3, 0.4) is 0 Å². The molecule has 25 heavy (non-hydrogen) atoms. The zero-order valence-electron chi connectivity index (χ0n) is 13.2. The highest BCUT2D eigenvalue weighted by Crippen LogP contribution is 2.22. The third kappa shape index (κ3) is 3.63. The van der Waals surface area contributed by atoms with E-state index in [0.717, 1.165) is 10.9 Å². The average Bonchev–Trinajstić information content (AvgIpc) is 2.61. The predicted molar refractivity (Wildman–Crippen MR) is 97.4 cm³/mol. The smallest absolute Gasteiger partial charge is 0.258 e. The highest BCUT2D eigenvalue weighted by molar-refractivity contribution is 7.89.